The number of aliphatic hydroxyl groups is 4. The van der Waals surface area contributed by atoms with Crippen molar-refractivity contribution in [3.05, 3.63) is 35.8 Å². The molecule has 15 heteroatoms. The maximum absolute atomic E-state index is 13.8. The van der Waals surface area contributed by atoms with Crippen LogP contribution in [0, 0.1) is 23.4 Å². The number of aliphatic hydroxyl groups excluding tert-OH is 3. The van der Waals surface area contributed by atoms with Crippen LogP contribution in [0.3, 0.4) is 0 Å². The molecule has 2 aliphatic heterocycles. The van der Waals surface area contributed by atoms with Crippen LogP contribution >= 0.6 is 11.8 Å². The number of carbonyl (C=O) groups is 1. The van der Waals surface area contributed by atoms with Crippen LogP contribution in [-0.2, 0) is 14.3 Å². The van der Waals surface area contributed by atoms with Crippen LogP contribution in [0.15, 0.2) is 18.3 Å². The molecular weight excluding hydrogens is 569 g/mol. The third kappa shape index (κ3) is 6.71. The number of nitrogens with zero attached hydrogens (tertiary/aromatic N) is 4. The molecule has 0 spiro atoms. The monoisotopic (exact) mass is 604 g/mol. The lowest BCUT2D eigenvalue weighted by Crippen LogP contribution is -2.58. The first kappa shape index (κ1) is 31.7. The highest BCUT2D eigenvalue weighted by atomic mass is 32.2. The SMILES string of the molecule is CC(C)CN(C)C(=O)C(S[C@@H]1O[C@H](CO)[C@H](O)[C@H](n2cc(-c3cc(F)c(F)c(F)c3)nn2)[C@H]1O)C1(O)CCOCC1. The Kier molecular flexibility index (Phi) is 9.99. The number of hydrogen-bond acceptors (Lipinski definition) is 10. The molecule has 41 heavy (non-hydrogen) atoms. The normalized spacial score (nSPS) is 27.1. The molecule has 4 rings (SSSR count). The standard InChI is InChI=1S/C26H35F3N4O7S/c1-13(2)10-32(3)24(37)23(26(38)4-6-39-7-5-26)41-25-22(36)20(21(35)18(12-34)40-25)33-11-17(30-31-33)14-8-15(27)19(29)16(28)9-14/h8-9,11,13,18,20-23,25,34-36,38H,4-7,10,12H2,1-3H3/t18-,20+,21+,22-,23?,25+/m1/s1. The van der Waals surface area contributed by atoms with Gasteiger partial charge in [0, 0.05) is 45.2 Å². The molecule has 6 atom stereocenters. The first-order valence-corrected chi connectivity index (χ1v) is 14.2. The number of thioether (sulfide) groups is 1. The molecule has 2 aliphatic rings. The molecule has 228 valence electrons. The summed E-state index contributed by atoms with van der Waals surface area (Å²) >= 11 is 0.877. The summed E-state index contributed by atoms with van der Waals surface area (Å²) in [6.45, 7) is 4.13. The topological polar surface area (TPSA) is 150 Å². The second-order valence-corrected chi connectivity index (χ2v) is 12.1. The van der Waals surface area contributed by atoms with Gasteiger partial charge in [-0.3, -0.25) is 4.79 Å². The van der Waals surface area contributed by atoms with E-state index >= 15 is 0 Å². The lowest BCUT2D eigenvalue weighted by atomic mass is 9.89. The van der Waals surface area contributed by atoms with Crippen molar-refractivity contribution in [2.24, 2.45) is 5.92 Å². The molecule has 1 amide bonds. The van der Waals surface area contributed by atoms with Crippen LogP contribution in [0.2, 0.25) is 0 Å². The van der Waals surface area contributed by atoms with Gasteiger partial charge >= 0.3 is 0 Å². The van der Waals surface area contributed by atoms with Gasteiger partial charge in [-0.1, -0.05) is 19.1 Å². The van der Waals surface area contributed by atoms with Crippen LogP contribution in [0.5, 0.6) is 0 Å². The number of benzene rings is 1. The highest BCUT2D eigenvalue weighted by Crippen LogP contribution is 2.42. The van der Waals surface area contributed by atoms with E-state index in [1.165, 1.54) is 11.1 Å². The van der Waals surface area contributed by atoms with E-state index < -0.39 is 64.7 Å². The molecule has 1 aromatic carbocycles. The van der Waals surface area contributed by atoms with Gasteiger partial charge in [-0.25, -0.2) is 17.9 Å². The van der Waals surface area contributed by atoms with Crippen molar-refractivity contribution < 1.29 is 47.9 Å². The smallest absolute Gasteiger partial charge is 0.238 e. The van der Waals surface area contributed by atoms with Gasteiger partial charge in [0.2, 0.25) is 5.91 Å². The average molecular weight is 605 g/mol. The Morgan fingerprint density at radius 2 is 1.83 bits per heavy atom. The summed E-state index contributed by atoms with van der Waals surface area (Å²) in [6, 6.07) is 0.192. The maximum atomic E-state index is 13.8. The largest absolute Gasteiger partial charge is 0.394 e. The van der Waals surface area contributed by atoms with Gasteiger partial charge in [-0.05, 0) is 18.1 Å². The molecule has 3 heterocycles. The first-order chi connectivity index (χ1) is 19.4. The predicted molar refractivity (Wildman–Crippen MR) is 141 cm³/mol. The number of rotatable bonds is 9. The number of amides is 1. The Labute approximate surface area is 239 Å². The fourth-order valence-electron chi connectivity index (χ4n) is 5.12. The molecule has 2 saturated heterocycles. The van der Waals surface area contributed by atoms with E-state index in [-0.39, 0.29) is 49.1 Å². The molecule has 0 radical (unpaired) electrons. The van der Waals surface area contributed by atoms with Crippen molar-refractivity contribution in [3.8, 4) is 11.3 Å². The van der Waals surface area contributed by atoms with Gasteiger partial charge in [-0.2, -0.15) is 0 Å². The summed E-state index contributed by atoms with van der Waals surface area (Å²) in [4.78, 5) is 15.1. The van der Waals surface area contributed by atoms with E-state index in [1.807, 2.05) is 13.8 Å². The van der Waals surface area contributed by atoms with Crippen molar-refractivity contribution in [1.29, 1.82) is 0 Å². The van der Waals surface area contributed by atoms with E-state index in [2.05, 4.69) is 10.3 Å². The zero-order chi connectivity index (χ0) is 30.1. The molecule has 2 aromatic rings. The number of ether oxygens (including phenoxy) is 2. The average Bonchev–Trinajstić information content (AvgIpc) is 3.40. The number of carbonyl (C=O) groups excluding carboxylic acids is 1. The van der Waals surface area contributed by atoms with Gasteiger partial charge in [0.25, 0.3) is 0 Å². The second kappa shape index (κ2) is 12.9. The van der Waals surface area contributed by atoms with Crippen LogP contribution in [0.4, 0.5) is 13.2 Å². The Hall–Kier alpha value is -2.27. The minimum atomic E-state index is -1.64. The zero-order valence-electron chi connectivity index (χ0n) is 22.9. The lowest BCUT2D eigenvalue weighted by Gasteiger charge is -2.45. The molecule has 0 saturated carbocycles. The van der Waals surface area contributed by atoms with Gasteiger partial charge in [0.05, 0.1) is 18.4 Å². The highest BCUT2D eigenvalue weighted by Gasteiger charge is 2.51. The zero-order valence-corrected chi connectivity index (χ0v) is 23.7. The lowest BCUT2D eigenvalue weighted by molar-refractivity contribution is -0.179. The molecule has 0 aliphatic carbocycles. The number of aromatic nitrogens is 3. The predicted octanol–water partition coefficient (Wildman–Crippen LogP) is 1.10. The van der Waals surface area contributed by atoms with Crippen molar-refractivity contribution >= 4 is 17.7 Å². The molecule has 4 N–H and O–H groups in total. The maximum Gasteiger partial charge on any atom is 0.238 e. The molecular formula is C26H35F3N4O7S. The minimum absolute atomic E-state index is 0.0710. The summed E-state index contributed by atoms with van der Waals surface area (Å²) in [5.74, 6) is -4.73. The number of halogens is 3. The third-order valence-corrected chi connectivity index (χ3v) is 8.87. The summed E-state index contributed by atoms with van der Waals surface area (Å²) in [7, 11) is 1.62. The molecule has 2 fully saturated rings. The summed E-state index contributed by atoms with van der Waals surface area (Å²) in [6.07, 6.45) is -2.73. The second-order valence-electron chi connectivity index (χ2n) is 10.9. The molecule has 0 bridgehead atoms. The van der Waals surface area contributed by atoms with E-state index in [4.69, 9.17) is 9.47 Å². The minimum Gasteiger partial charge on any atom is -0.394 e. The van der Waals surface area contributed by atoms with E-state index in [9.17, 15) is 38.4 Å². The van der Waals surface area contributed by atoms with E-state index in [0.717, 1.165) is 28.6 Å². The Morgan fingerprint density at radius 1 is 1.20 bits per heavy atom. The third-order valence-electron chi connectivity index (χ3n) is 7.30. The molecule has 11 nitrogen and oxygen atoms in total. The Morgan fingerprint density at radius 3 is 2.41 bits per heavy atom. The molecule has 1 unspecified atom stereocenters. The Balaban J connectivity index is 1.64. The quantitative estimate of drug-likeness (QED) is 0.307. The fraction of sp³-hybridized carbons (Fsp3) is 0.654. The van der Waals surface area contributed by atoms with Gasteiger partial charge < -0.3 is 34.8 Å². The van der Waals surface area contributed by atoms with Crippen molar-refractivity contribution in [2.45, 2.75) is 67.3 Å². The Bertz CT molecular complexity index is 1190. The van der Waals surface area contributed by atoms with Crippen LogP contribution < -0.4 is 0 Å². The van der Waals surface area contributed by atoms with Crippen molar-refractivity contribution in [3.63, 3.8) is 0 Å². The van der Waals surface area contributed by atoms with Crippen molar-refractivity contribution in [1.82, 2.24) is 19.9 Å². The fourth-order valence-corrected chi connectivity index (χ4v) is 6.71. The van der Waals surface area contributed by atoms with E-state index in [1.54, 1.807) is 7.05 Å². The van der Waals surface area contributed by atoms with Crippen molar-refractivity contribution in [2.75, 3.05) is 33.4 Å². The summed E-state index contributed by atoms with van der Waals surface area (Å²) in [5.41, 5.74) is -2.90. The van der Waals surface area contributed by atoms with Crippen LogP contribution in [-0.4, -0.2) is 114 Å². The van der Waals surface area contributed by atoms with E-state index in [0.29, 0.717) is 6.54 Å². The van der Waals surface area contributed by atoms with Gasteiger partial charge in [0.15, 0.2) is 17.5 Å². The molecule has 1 aromatic heterocycles. The van der Waals surface area contributed by atoms with Crippen LogP contribution in [0.25, 0.3) is 11.3 Å². The summed E-state index contributed by atoms with van der Waals surface area (Å²) in [5, 5.41) is 50.5. The summed E-state index contributed by atoms with van der Waals surface area (Å²) < 4.78 is 53.3. The first-order valence-electron chi connectivity index (χ1n) is 13.3. The van der Waals surface area contributed by atoms with Gasteiger partial charge in [-0.15, -0.1) is 16.9 Å². The van der Waals surface area contributed by atoms with Gasteiger partial charge in [0.1, 0.15) is 40.7 Å². The van der Waals surface area contributed by atoms with Crippen LogP contribution in [0.1, 0.15) is 32.7 Å². The number of hydrogen-bond donors (Lipinski definition) is 4. The highest BCUT2D eigenvalue weighted by molar-refractivity contribution is 8.01.